The van der Waals surface area contributed by atoms with Gasteiger partial charge in [-0.3, -0.25) is 0 Å². The Kier molecular flexibility index (Phi) is 11.6. The number of aliphatic hydroxyl groups is 1. The third kappa shape index (κ3) is 9.42. The summed E-state index contributed by atoms with van der Waals surface area (Å²) in [6.45, 7) is 4.98. The number of unbranched alkanes of at least 4 members (excludes halogenated alkanes) is 9. The van der Waals surface area contributed by atoms with Crippen LogP contribution in [0.4, 0.5) is 0 Å². The lowest BCUT2D eigenvalue weighted by Gasteiger charge is -2.37. The van der Waals surface area contributed by atoms with Gasteiger partial charge in [0.15, 0.2) is 0 Å². The minimum Gasteiger partial charge on any atom is -0.479 e. The molecule has 0 radical (unpaired) electrons. The van der Waals surface area contributed by atoms with Crippen LogP contribution in [0.5, 0.6) is 0 Å². The van der Waals surface area contributed by atoms with E-state index in [9.17, 15) is 9.90 Å². The van der Waals surface area contributed by atoms with Crippen molar-refractivity contribution >= 4 is 5.97 Å². The molecule has 4 nitrogen and oxygen atoms in total. The molecule has 0 aromatic heterocycles. The minimum absolute atomic E-state index is 0.281. The standard InChI is InChI=1S/C18H37NO3/c1-5-6-7-8-9-10-11-12-13-14-15-19(3,4)16(2)17(20)18(21)22/h16-17,20H,5-15H2,1-4H3/p+1/t16?,17-/m0/s1. The summed E-state index contributed by atoms with van der Waals surface area (Å²) in [5.74, 6) is -1.12. The Hall–Kier alpha value is -0.610. The van der Waals surface area contributed by atoms with E-state index in [1.54, 1.807) is 0 Å². The Morgan fingerprint density at radius 2 is 1.32 bits per heavy atom. The number of hydrogen-bond donors (Lipinski definition) is 2. The van der Waals surface area contributed by atoms with Gasteiger partial charge in [-0.1, -0.05) is 58.3 Å². The van der Waals surface area contributed by atoms with Crippen molar-refractivity contribution in [3.63, 3.8) is 0 Å². The van der Waals surface area contributed by atoms with Crippen molar-refractivity contribution in [2.24, 2.45) is 0 Å². The number of carboxylic acid groups (broad SMARTS) is 1. The molecule has 0 aliphatic heterocycles. The lowest BCUT2D eigenvalue weighted by atomic mass is 10.1. The van der Waals surface area contributed by atoms with Gasteiger partial charge in [-0.25, -0.2) is 4.79 Å². The van der Waals surface area contributed by atoms with Crippen molar-refractivity contribution in [3.8, 4) is 0 Å². The highest BCUT2D eigenvalue weighted by atomic mass is 16.4. The monoisotopic (exact) mass is 316 g/mol. The Balaban J connectivity index is 3.66. The number of hydrogen-bond acceptors (Lipinski definition) is 2. The zero-order chi connectivity index (χ0) is 17.0. The second-order valence-corrected chi connectivity index (χ2v) is 7.21. The maximum absolute atomic E-state index is 10.9. The van der Waals surface area contributed by atoms with Gasteiger partial charge < -0.3 is 14.7 Å². The SMILES string of the molecule is CCCCCCCCCCCC[N+](C)(C)C(C)[C@H](O)C(=O)O. The van der Waals surface area contributed by atoms with Gasteiger partial charge >= 0.3 is 5.97 Å². The number of likely N-dealkylation sites (N-methyl/N-ethyl adjacent to an activating group) is 1. The van der Waals surface area contributed by atoms with E-state index in [0.717, 1.165) is 13.0 Å². The molecule has 0 saturated heterocycles. The molecule has 0 heterocycles. The third-order valence-corrected chi connectivity index (χ3v) is 4.90. The summed E-state index contributed by atoms with van der Waals surface area (Å²) in [6, 6.07) is -0.281. The highest BCUT2D eigenvalue weighted by Gasteiger charge is 2.34. The lowest BCUT2D eigenvalue weighted by molar-refractivity contribution is -0.915. The molecule has 0 spiro atoms. The fourth-order valence-electron chi connectivity index (χ4n) is 2.80. The summed E-state index contributed by atoms with van der Waals surface area (Å²) in [4.78, 5) is 10.9. The molecular weight excluding hydrogens is 278 g/mol. The first-order valence-corrected chi connectivity index (χ1v) is 9.06. The van der Waals surface area contributed by atoms with Gasteiger partial charge in [-0.15, -0.1) is 0 Å². The molecule has 2 atom stereocenters. The molecule has 0 bridgehead atoms. The molecular formula is C18H38NO3+. The van der Waals surface area contributed by atoms with Crippen LogP contribution in [0.25, 0.3) is 0 Å². The van der Waals surface area contributed by atoms with Gasteiger partial charge in [0, 0.05) is 0 Å². The van der Waals surface area contributed by atoms with Crippen molar-refractivity contribution < 1.29 is 19.5 Å². The van der Waals surface area contributed by atoms with E-state index in [2.05, 4.69) is 6.92 Å². The van der Waals surface area contributed by atoms with E-state index in [1.807, 2.05) is 21.0 Å². The molecule has 132 valence electrons. The van der Waals surface area contributed by atoms with Gasteiger partial charge in [-0.05, 0) is 19.8 Å². The Morgan fingerprint density at radius 1 is 0.909 bits per heavy atom. The quantitative estimate of drug-likeness (QED) is 0.378. The van der Waals surface area contributed by atoms with Crippen molar-refractivity contribution in [2.75, 3.05) is 20.6 Å². The molecule has 0 rings (SSSR count). The molecule has 0 saturated carbocycles. The molecule has 0 aliphatic rings. The fourth-order valence-corrected chi connectivity index (χ4v) is 2.80. The summed E-state index contributed by atoms with van der Waals surface area (Å²) in [5, 5.41) is 18.6. The summed E-state index contributed by atoms with van der Waals surface area (Å²) in [5.41, 5.74) is 0. The summed E-state index contributed by atoms with van der Waals surface area (Å²) >= 11 is 0. The highest BCUT2D eigenvalue weighted by Crippen LogP contribution is 2.15. The van der Waals surface area contributed by atoms with Crippen molar-refractivity contribution in [2.45, 2.75) is 90.2 Å². The molecule has 1 unspecified atom stereocenters. The summed E-state index contributed by atoms with van der Waals surface area (Å²) in [6.07, 6.45) is 11.7. The highest BCUT2D eigenvalue weighted by molar-refractivity contribution is 5.72. The van der Waals surface area contributed by atoms with Crippen LogP contribution in [-0.4, -0.2) is 53.5 Å². The largest absolute Gasteiger partial charge is 0.479 e. The van der Waals surface area contributed by atoms with Gasteiger partial charge in [0.25, 0.3) is 0 Å². The van der Waals surface area contributed by atoms with Crippen LogP contribution >= 0.6 is 0 Å². The van der Waals surface area contributed by atoms with Crippen molar-refractivity contribution in [1.82, 2.24) is 0 Å². The number of quaternary nitrogens is 1. The summed E-state index contributed by atoms with van der Waals surface area (Å²) < 4.78 is 0.560. The van der Waals surface area contributed by atoms with Crippen LogP contribution in [-0.2, 0) is 4.79 Å². The first kappa shape index (κ1) is 21.4. The smallest absolute Gasteiger partial charge is 0.338 e. The average Bonchev–Trinajstić information content (AvgIpc) is 2.47. The van der Waals surface area contributed by atoms with Gasteiger partial charge in [0.1, 0.15) is 6.04 Å². The summed E-state index contributed by atoms with van der Waals surface area (Å²) in [7, 11) is 4.01. The van der Waals surface area contributed by atoms with Gasteiger partial charge in [0.2, 0.25) is 6.10 Å². The van der Waals surface area contributed by atoms with Crippen molar-refractivity contribution in [3.05, 3.63) is 0 Å². The third-order valence-electron chi connectivity index (χ3n) is 4.90. The molecule has 0 aliphatic carbocycles. The zero-order valence-electron chi connectivity index (χ0n) is 15.2. The van der Waals surface area contributed by atoms with E-state index < -0.39 is 12.1 Å². The number of carbonyl (C=O) groups is 1. The number of rotatable bonds is 14. The van der Waals surface area contributed by atoms with Gasteiger partial charge in [0.05, 0.1) is 20.6 Å². The number of aliphatic carboxylic acids is 1. The second-order valence-electron chi connectivity index (χ2n) is 7.21. The predicted octanol–water partition coefficient (Wildman–Crippen LogP) is 3.82. The topological polar surface area (TPSA) is 57.5 Å². The van der Waals surface area contributed by atoms with Crippen LogP contribution < -0.4 is 0 Å². The molecule has 22 heavy (non-hydrogen) atoms. The van der Waals surface area contributed by atoms with Crippen LogP contribution in [0.15, 0.2) is 0 Å². The van der Waals surface area contributed by atoms with Gasteiger partial charge in [-0.2, -0.15) is 0 Å². The van der Waals surface area contributed by atoms with E-state index >= 15 is 0 Å². The normalized spacial score (nSPS) is 14.8. The Bertz CT molecular complexity index is 292. The van der Waals surface area contributed by atoms with Crippen molar-refractivity contribution in [1.29, 1.82) is 0 Å². The number of nitrogens with zero attached hydrogens (tertiary/aromatic N) is 1. The Labute approximate surface area is 137 Å². The Morgan fingerprint density at radius 3 is 1.73 bits per heavy atom. The van der Waals surface area contributed by atoms with E-state index in [4.69, 9.17) is 5.11 Å². The molecule has 4 heteroatoms. The maximum Gasteiger partial charge on any atom is 0.338 e. The van der Waals surface area contributed by atoms with Crippen LogP contribution in [0, 0.1) is 0 Å². The second kappa shape index (κ2) is 11.9. The molecule has 0 aromatic rings. The molecule has 2 N–H and O–H groups in total. The zero-order valence-corrected chi connectivity index (χ0v) is 15.2. The lowest BCUT2D eigenvalue weighted by Crippen LogP contribution is -2.55. The first-order valence-electron chi connectivity index (χ1n) is 9.06. The average molecular weight is 317 g/mol. The predicted molar refractivity (Wildman–Crippen MR) is 91.9 cm³/mol. The van der Waals surface area contributed by atoms with Crippen LogP contribution in [0.3, 0.4) is 0 Å². The molecule has 0 amide bonds. The van der Waals surface area contributed by atoms with E-state index in [1.165, 1.54) is 57.8 Å². The number of aliphatic hydroxyl groups excluding tert-OH is 1. The first-order chi connectivity index (χ1) is 10.3. The minimum atomic E-state index is -1.28. The molecule has 0 fully saturated rings. The number of carboxylic acids is 1. The molecule has 0 aromatic carbocycles. The maximum atomic E-state index is 10.9. The van der Waals surface area contributed by atoms with E-state index in [-0.39, 0.29) is 6.04 Å². The fraction of sp³-hybridized carbons (Fsp3) is 0.944. The van der Waals surface area contributed by atoms with Crippen LogP contribution in [0.2, 0.25) is 0 Å². The van der Waals surface area contributed by atoms with E-state index in [0.29, 0.717) is 4.48 Å². The van der Waals surface area contributed by atoms with Crippen LogP contribution in [0.1, 0.15) is 78.1 Å².